The maximum atomic E-state index is 12.2. The number of benzene rings is 2. The molecule has 0 bridgehead atoms. The Morgan fingerprint density at radius 2 is 1.85 bits per heavy atom. The third-order valence-corrected chi connectivity index (χ3v) is 3.07. The van der Waals surface area contributed by atoms with Gasteiger partial charge in [0.05, 0.1) is 0 Å². The highest BCUT2D eigenvalue weighted by Gasteiger charge is 2.09. The molecule has 1 N–H and O–H groups in total. The second-order valence-corrected chi connectivity index (χ2v) is 4.74. The Morgan fingerprint density at radius 3 is 2.60 bits per heavy atom. The van der Waals surface area contributed by atoms with Crippen LogP contribution in [0.15, 0.2) is 46.9 Å². The molecule has 0 aliphatic heterocycles. The summed E-state index contributed by atoms with van der Waals surface area (Å²) in [5.74, 6) is 0.437. The van der Waals surface area contributed by atoms with Crippen LogP contribution in [0.2, 0.25) is 0 Å². The van der Waals surface area contributed by atoms with Crippen molar-refractivity contribution in [1.29, 1.82) is 0 Å². The second kappa shape index (κ2) is 4.81. The van der Waals surface area contributed by atoms with E-state index in [0.29, 0.717) is 22.6 Å². The maximum absolute atomic E-state index is 12.2. The van der Waals surface area contributed by atoms with E-state index in [1.807, 2.05) is 31.2 Å². The number of nitrogens with zero attached hydrogens (tertiary/aromatic N) is 1. The lowest BCUT2D eigenvalue weighted by Crippen LogP contribution is -2.11. The van der Waals surface area contributed by atoms with E-state index in [1.165, 1.54) is 0 Å². The Balaban J connectivity index is 1.86. The van der Waals surface area contributed by atoms with Crippen molar-refractivity contribution in [1.82, 2.24) is 4.98 Å². The molecule has 0 radical (unpaired) electrons. The molecule has 20 heavy (non-hydrogen) atoms. The van der Waals surface area contributed by atoms with Crippen molar-refractivity contribution < 1.29 is 9.21 Å². The van der Waals surface area contributed by atoms with Crippen molar-refractivity contribution in [2.24, 2.45) is 0 Å². The van der Waals surface area contributed by atoms with E-state index >= 15 is 0 Å². The molecule has 1 amide bonds. The molecule has 0 spiro atoms. The van der Waals surface area contributed by atoms with E-state index in [0.717, 1.165) is 11.3 Å². The summed E-state index contributed by atoms with van der Waals surface area (Å²) in [7, 11) is 0. The molecule has 0 fully saturated rings. The average molecular weight is 266 g/mol. The summed E-state index contributed by atoms with van der Waals surface area (Å²) in [5, 5.41) is 2.86. The van der Waals surface area contributed by atoms with Crippen molar-refractivity contribution in [3.63, 3.8) is 0 Å². The van der Waals surface area contributed by atoms with E-state index in [1.54, 1.807) is 25.1 Å². The van der Waals surface area contributed by atoms with Gasteiger partial charge in [0.25, 0.3) is 5.91 Å². The summed E-state index contributed by atoms with van der Waals surface area (Å²) in [6, 6.07) is 12.9. The lowest BCUT2D eigenvalue weighted by molar-refractivity contribution is 0.102. The number of aromatic nitrogens is 1. The smallest absolute Gasteiger partial charge is 0.255 e. The number of amides is 1. The summed E-state index contributed by atoms with van der Waals surface area (Å²) in [5.41, 5.74) is 3.87. The molecule has 4 heteroatoms. The van der Waals surface area contributed by atoms with E-state index in [-0.39, 0.29) is 5.91 Å². The zero-order valence-corrected chi connectivity index (χ0v) is 11.3. The highest BCUT2D eigenvalue weighted by molar-refractivity contribution is 6.05. The molecular formula is C16H14N2O2. The number of rotatable bonds is 2. The highest BCUT2D eigenvalue weighted by atomic mass is 16.3. The van der Waals surface area contributed by atoms with Gasteiger partial charge in [-0.3, -0.25) is 4.79 Å². The van der Waals surface area contributed by atoms with E-state index in [9.17, 15) is 4.79 Å². The molecule has 1 heterocycles. The van der Waals surface area contributed by atoms with Crippen molar-refractivity contribution in [3.05, 3.63) is 59.5 Å². The predicted octanol–water partition coefficient (Wildman–Crippen LogP) is 3.70. The standard InChI is InChI=1S/C16H14N2O2/c1-10-3-6-13(7-4-10)18-16(19)12-5-8-15-14(9-12)17-11(2)20-15/h3-9H,1-2H3,(H,18,19). The zero-order chi connectivity index (χ0) is 14.1. The fourth-order valence-corrected chi connectivity index (χ4v) is 2.02. The van der Waals surface area contributed by atoms with Gasteiger partial charge in [-0.2, -0.15) is 0 Å². The molecule has 2 aromatic carbocycles. The van der Waals surface area contributed by atoms with Gasteiger partial charge in [0.2, 0.25) is 0 Å². The molecule has 3 aromatic rings. The lowest BCUT2D eigenvalue weighted by atomic mass is 10.2. The van der Waals surface area contributed by atoms with E-state index in [2.05, 4.69) is 10.3 Å². The topological polar surface area (TPSA) is 55.1 Å². The van der Waals surface area contributed by atoms with E-state index in [4.69, 9.17) is 4.42 Å². The monoisotopic (exact) mass is 266 g/mol. The van der Waals surface area contributed by atoms with Crippen LogP contribution in [0.4, 0.5) is 5.69 Å². The molecule has 1 aromatic heterocycles. The summed E-state index contributed by atoms with van der Waals surface area (Å²) in [4.78, 5) is 16.4. The van der Waals surface area contributed by atoms with Crippen LogP contribution >= 0.6 is 0 Å². The number of fused-ring (bicyclic) bond motifs is 1. The number of carbonyl (C=O) groups is 1. The molecule has 0 atom stereocenters. The van der Waals surface area contributed by atoms with Crippen molar-refractivity contribution in [2.75, 3.05) is 5.32 Å². The van der Waals surface area contributed by atoms with Gasteiger partial charge in [-0.1, -0.05) is 17.7 Å². The van der Waals surface area contributed by atoms with Gasteiger partial charge in [-0.15, -0.1) is 0 Å². The lowest BCUT2D eigenvalue weighted by Gasteiger charge is -2.05. The van der Waals surface area contributed by atoms with Crippen LogP contribution < -0.4 is 5.32 Å². The number of hydrogen-bond donors (Lipinski definition) is 1. The van der Waals surface area contributed by atoms with Crippen molar-refractivity contribution in [2.45, 2.75) is 13.8 Å². The number of hydrogen-bond acceptors (Lipinski definition) is 3. The van der Waals surface area contributed by atoms with Gasteiger partial charge < -0.3 is 9.73 Å². The Morgan fingerprint density at radius 1 is 1.10 bits per heavy atom. The predicted molar refractivity (Wildman–Crippen MR) is 77.9 cm³/mol. The van der Waals surface area contributed by atoms with E-state index < -0.39 is 0 Å². The molecule has 0 unspecified atom stereocenters. The van der Waals surface area contributed by atoms with Gasteiger partial charge in [0.1, 0.15) is 5.52 Å². The first kappa shape index (κ1) is 12.4. The third kappa shape index (κ3) is 2.40. The Kier molecular flexibility index (Phi) is 2.99. The zero-order valence-electron chi connectivity index (χ0n) is 11.3. The first-order valence-electron chi connectivity index (χ1n) is 6.37. The Hall–Kier alpha value is -2.62. The van der Waals surface area contributed by atoms with Crippen LogP contribution in [0.25, 0.3) is 11.1 Å². The first-order valence-corrected chi connectivity index (χ1v) is 6.37. The minimum absolute atomic E-state index is 0.156. The molecule has 0 aliphatic rings. The molecule has 0 saturated carbocycles. The molecule has 0 saturated heterocycles. The summed E-state index contributed by atoms with van der Waals surface area (Å²) in [6.07, 6.45) is 0. The summed E-state index contributed by atoms with van der Waals surface area (Å²) in [6.45, 7) is 3.79. The average Bonchev–Trinajstić information content (AvgIpc) is 2.80. The van der Waals surface area contributed by atoms with Gasteiger partial charge in [-0.05, 0) is 37.3 Å². The highest BCUT2D eigenvalue weighted by Crippen LogP contribution is 2.18. The quantitative estimate of drug-likeness (QED) is 0.769. The number of oxazole rings is 1. The van der Waals surface area contributed by atoms with Crippen LogP contribution in [-0.4, -0.2) is 10.9 Å². The SMILES string of the molecule is Cc1ccc(NC(=O)c2ccc3oc(C)nc3c2)cc1. The first-order chi connectivity index (χ1) is 9.61. The number of aryl methyl sites for hydroxylation is 2. The molecule has 0 aliphatic carbocycles. The normalized spacial score (nSPS) is 10.7. The Labute approximate surface area is 116 Å². The molecule has 4 nitrogen and oxygen atoms in total. The minimum atomic E-state index is -0.156. The minimum Gasteiger partial charge on any atom is -0.441 e. The molecule has 3 rings (SSSR count). The summed E-state index contributed by atoms with van der Waals surface area (Å²) >= 11 is 0. The van der Waals surface area contributed by atoms with Gasteiger partial charge in [-0.25, -0.2) is 4.98 Å². The van der Waals surface area contributed by atoms with Gasteiger partial charge in [0.15, 0.2) is 11.5 Å². The van der Waals surface area contributed by atoms with Gasteiger partial charge >= 0.3 is 0 Å². The number of anilines is 1. The van der Waals surface area contributed by atoms with Crippen molar-refractivity contribution in [3.8, 4) is 0 Å². The molecular weight excluding hydrogens is 252 g/mol. The van der Waals surface area contributed by atoms with Gasteiger partial charge in [0, 0.05) is 18.2 Å². The van der Waals surface area contributed by atoms with Crippen LogP contribution in [-0.2, 0) is 0 Å². The van der Waals surface area contributed by atoms with Crippen LogP contribution in [0, 0.1) is 13.8 Å². The number of nitrogens with one attached hydrogen (secondary N) is 1. The van der Waals surface area contributed by atoms with Crippen LogP contribution in [0.3, 0.4) is 0 Å². The fourth-order valence-electron chi connectivity index (χ4n) is 2.02. The largest absolute Gasteiger partial charge is 0.441 e. The maximum Gasteiger partial charge on any atom is 0.255 e. The van der Waals surface area contributed by atoms with Crippen LogP contribution in [0.1, 0.15) is 21.8 Å². The number of carbonyl (C=O) groups excluding carboxylic acids is 1. The fraction of sp³-hybridized carbons (Fsp3) is 0.125. The third-order valence-electron chi connectivity index (χ3n) is 3.07. The summed E-state index contributed by atoms with van der Waals surface area (Å²) < 4.78 is 5.39. The Bertz CT molecular complexity index is 773. The van der Waals surface area contributed by atoms with Crippen molar-refractivity contribution >= 4 is 22.7 Å². The second-order valence-electron chi connectivity index (χ2n) is 4.74. The molecule has 100 valence electrons. The van der Waals surface area contributed by atoms with Crippen LogP contribution in [0.5, 0.6) is 0 Å².